The molecular weight excluding hydrogens is 249 g/mol. The van der Waals surface area contributed by atoms with Gasteiger partial charge in [-0.15, -0.1) is 0 Å². The van der Waals surface area contributed by atoms with E-state index < -0.39 is 5.82 Å². The molecule has 4 nitrogen and oxygen atoms in total. The average Bonchev–Trinajstić information content (AvgIpc) is 2.92. The van der Waals surface area contributed by atoms with Crippen molar-refractivity contribution >= 4 is 5.91 Å². The van der Waals surface area contributed by atoms with Crippen LogP contribution >= 0.6 is 0 Å². The third-order valence-electron chi connectivity index (χ3n) is 2.73. The van der Waals surface area contributed by atoms with E-state index in [-0.39, 0.29) is 23.3 Å². The van der Waals surface area contributed by atoms with E-state index in [1.165, 1.54) is 25.5 Å². The van der Waals surface area contributed by atoms with Crippen LogP contribution in [0.4, 0.5) is 4.39 Å². The number of methoxy groups -OCH3 is 1. The fourth-order valence-corrected chi connectivity index (χ4v) is 1.70. The van der Waals surface area contributed by atoms with E-state index in [0.717, 1.165) is 6.07 Å². The maximum Gasteiger partial charge on any atom is 0.251 e. The summed E-state index contributed by atoms with van der Waals surface area (Å²) in [5.74, 6) is -0.191. The summed E-state index contributed by atoms with van der Waals surface area (Å²) in [5, 5.41) is 2.72. The van der Waals surface area contributed by atoms with Crippen molar-refractivity contribution in [2.45, 2.75) is 13.0 Å². The van der Waals surface area contributed by atoms with Gasteiger partial charge in [0.1, 0.15) is 5.76 Å². The number of benzene rings is 1. The Labute approximate surface area is 110 Å². The second kappa shape index (κ2) is 5.56. The molecule has 0 saturated carbocycles. The predicted octanol–water partition coefficient (Wildman–Crippen LogP) is 2.92. The Bertz CT molecular complexity index is 566. The molecule has 0 spiro atoms. The molecule has 0 radical (unpaired) electrons. The summed E-state index contributed by atoms with van der Waals surface area (Å²) in [6.07, 6.45) is 1.53. The number of halogens is 1. The molecule has 2 aromatic rings. The molecule has 0 aliphatic carbocycles. The molecule has 5 heteroatoms. The molecule has 1 N–H and O–H groups in total. The summed E-state index contributed by atoms with van der Waals surface area (Å²) in [6, 6.07) is 7.29. The third kappa shape index (κ3) is 2.93. The van der Waals surface area contributed by atoms with Crippen LogP contribution in [0.2, 0.25) is 0 Å². The Kier molecular flexibility index (Phi) is 3.85. The van der Waals surface area contributed by atoms with Gasteiger partial charge < -0.3 is 14.5 Å². The van der Waals surface area contributed by atoms with Gasteiger partial charge in [-0.1, -0.05) is 0 Å². The van der Waals surface area contributed by atoms with E-state index in [4.69, 9.17) is 9.15 Å². The molecule has 1 aromatic heterocycles. The zero-order chi connectivity index (χ0) is 13.8. The number of furan rings is 1. The lowest BCUT2D eigenvalue weighted by Gasteiger charge is -2.12. The molecule has 1 aromatic carbocycles. The minimum atomic E-state index is -0.569. The van der Waals surface area contributed by atoms with Crippen LogP contribution in [0, 0.1) is 5.82 Å². The maximum atomic E-state index is 13.5. The number of amides is 1. The van der Waals surface area contributed by atoms with Crippen LogP contribution in [0.25, 0.3) is 0 Å². The number of carbonyl (C=O) groups is 1. The highest BCUT2D eigenvalue weighted by Crippen LogP contribution is 2.19. The van der Waals surface area contributed by atoms with Gasteiger partial charge in [0.2, 0.25) is 0 Å². The quantitative estimate of drug-likeness (QED) is 0.922. The minimum absolute atomic E-state index is 0.107. The van der Waals surface area contributed by atoms with Crippen molar-refractivity contribution in [3.8, 4) is 5.75 Å². The van der Waals surface area contributed by atoms with E-state index in [1.807, 2.05) is 0 Å². The smallest absolute Gasteiger partial charge is 0.251 e. The van der Waals surface area contributed by atoms with Gasteiger partial charge in [-0.2, -0.15) is 0 Å². The van der Waals surface area contributed by atoms with Crippen LogP contribution < -0.4 is 10.1 Å². The second-order valence-electron chi connectivity index (χ2n) is 4.06. The van der Waals surface area contributed by atoms with E-state index in [0.29, 0.717) is 5.76 Å². The zero-order valence-electron chi connectivity index (χ0n) is 10.6. The van der Waals surface area contributed by atoms with Gasteiger partial charge in [-0.3, -0.25) is 4.79 Å². The van der Waals surface area contributed by atoms with Gasteiger partial charge in [0.15, 0.2) is 11.6 Å². The van der Waals surface area contributed by atoms with Crippen LogP contribution in [0.15, 0.2) is 41.0 Å². The number of nitrogens with one attached hydrogen (secondary N) is 1. The van der Waals surface area contributed by atoms with Gasteiger partial charge in [0.05, 0.1) is 19.4 Å². The molecule has 19 heavy (non-hydrogen) atoms. The standard InChI is InChI=1S/C14H14FNO3/c1-9(12-4-3-7-19-12)16-14(17)10-5-6-13(18-2)11(15)8-10/h3-9H,1-2H3,(H,16,17)/t9-/m0/s1. The molecule has 1 heterocycles. The number of rotatable bonds is 4. The Hall–Kier alpha value is -2.30. The normalized spacial score (nSPS) is 11.9. The number of carbonyl (C=O) groups excluding carboxylic acids is 1. The summed E-state index contributed by atoms with van der Waals surface area (Å²) in [5.41, 5.74) is 0.233. The van der Waals surface area contributed by atoms with E-state index in [1.54, 1.807) is 19.1 Å². The van der Waals surface area contributed by atoms with Crippen LogP contribution in [0.5, 0.6) is 5.75 Å². The fraction of sp³-hybridized carbons (Fsp3) is 0.214. The predicted molar refractivity (Wildman–Crippen MR) is 67.5 cm³/mol. The molecule has 1 amide bonds. The topological polar surface area (TPSA) is 51.5 Å². The Morgan fingerprint density at radius 1 is 1.42 bits per heavy atom. The fourth-order valence-electron chi connectivity index (χ4n) is 1.70. The number of ether oxygens (including phenoxy) is 1. The third-order valence-corrected chi connectivity index (χ3v) is 2.73. The van der Waals surface area contributed by atoms with Crippen molar-refractivity contribution in [2.24, 2.45) is 0 Å². The van der Waals surface area contributed by atoms with E-state index in [9.17, 15) is 9.18 Å². The van der Waals surface area contributed by atoms with Gasteiger partial charge >= 0.3 is 0 Å². The molecule has 0 bridgehead atoms. The van der Waals surface area contributed by atoms with Crippen LogP contribution in [0.3, 0.4) is 0 Å². The van der Waals surface area contributed by atoms with Crippen molar-refractivity contribution in [3.05, 3.63) is 53.7 Å². The largest absolute Gasteiger partial charge is 0.494 e. The van der Waals surface area contributed by atoms with Crippen LogP contribution in [0.1, 0.15) is 29.1 Å². The summed E-state index contributed by atoms with van der Waals surface area (Å²) in [6.45, 7) is 1.79. The highest BCUT2D eigenvalue weighted by Gasteiger charge is 2.15. The molecule has 0 aliphatic heterocycles. The average molecular weight is 263 g/mol. The summed E-state index contributed by atoms with van der Waals surface area (Å²) in [7, 11) is 1.37. The Morgan fingerprint density at radius 2 is 2.21 bits per heavy atom. The van der Waals surface area contributed by atoms with Crippen LogP contribution in [-0.2, 0) is 0 Å². The van der Waals surface area contributed by atoms with Crippen molar-refractivity contribution < 1.29 is 18.3 Å². The highest BCUT2D eigenvalue weighted by molar-refractivity contribution is 5.94. The number of hydrogen-bond donors (Lipinski definition) is 1. The SMILES string of the molecule is COc1ccc(C(=O)N[C@@H](C)c2ccco2)cc1F. The molecule has 2 rings (SSSR count). The summed E-state index contributed by atoms with van der Waals surface area (Å²) < 4.78 is 23.5. The van der Waals surface area contributed by atoms with Gasteiger partial charge in [0, 0.05) is 5.56 Å². The monoisotopic (exact) mass is 263 g/mol. The first kappa shape index (κ1) is 13.1. The Balaban J connectivity index is 2.10. The summed E-state index contributed by atoms with van der Waals surface area (Å²) >= 11 is 0. The lowest BCUT2D eigenvalue weighted by atomic mass is 10.1. The molecule has 0 fully saturated rings. The molecule has 0 unspecified atom stereocenters. The first-order valence-corrected chi connectivity index (χ1v) is 5.79. The van der Waals surface area contributed by atoms with Gasteiger partial charge in [0.25, 0.3) is 5.91 Å². The van der Waals surface area contributed by atoms with E-state index in [2.05, 4.69) is 5.32 Å². The zero-order valence-corrected chi connectivity index (χ0v) is 10.6. The maximum absolute atomic E-state index is 13.5. The minimum Gasteiger partial charge on any atom is -0.494 e. The molecule has 1 atom stereocenters. The lowest BCUT2D eigenvalue weighted by molar-refractivity contribution is 0.0935. The highest BCUT2D eigenvalue weighted by atomic mass is 19.1. The molecular formula is C14H14FNO3. The molecule has 100 valence electrons. The Morgan fingerprint density at radius 3 is 2.79 bits per heavy atom. The molecule has 0 saturated heterocycles. The van der Waals surface area contributed by atoms with Crippen molar-refractivity contribution in [1.29, 1.82) is 0 Å². The van der Waals surface area contributed by atoms with Gasteiger partial charge in [-0.25, -0.2) is 4.39 Å². The second-order valence-corrected chi connectivity index (χ2v) is 4.06. The first-order chi connectivity index (χ1) is 9.11. The van der Waals surface area contributed by atoms with Crippen molar-refractivity contribution in [1.82, 2.24) is 5.32 Å². The summed E-state index contributed by atoms with van der Waals surface area (Å²) in [4.78, 5) is 11.9. The number of hydrogen-bond acceptors (Lipinski definition) is 3. The van der Waals surface area contributed by atoms with Crippen molar-refractivity contribution in [2.75, 3.05) is 7.11 Å². The first-order valence-electron chi connectivity index (χ1n) is 5.79. The van der Waals surface area contributed by atoms with Gasteiger partial charge in [-0.05, 0) is 37.3 Å². The van der Waals surface area contributed by atoms with Crippen molar-refractivity contribution in [3.63, 3.8) is 0 Å². The lowest BCUT2D eigenvalue weighted by Crippen LogP contribution is -2.26. The van der Waals surface area contributed by atoms with E-state index >= 15 is 0 Å². The van der Waals surface area contributed by atoms with Crippen LogP contribution in [-0.4, -0.2) is 13.0 Å². The molecule has 0 aliphatic rings.